The van der Waals surface area contributed by atoms with Gasteiger partial charge in [-0.2, -0.15) is 0 Å². The summed E-state index contributed by atoms with van der Waals surface area (Å²) in [6.45, 7) is 0. The van der Waals surface area contributed by atoms with Gasteiger partial charge in [0.15, 0.2) is 0 Å². The highest BCUT2D eigenvalue weighted by molar-refractivity contribution is 6.63. The number of allylic oxidation sites excluding steroid dienone is 1. The standard InChI is InChI=1S/C6H10ClNO/c1-8(2)5-3-4-6(7)9/h3,5H,4H2,1-2H3/b5-3+. The summed E-state index contributed by atoms with van der Waals surface area (Å²) in [5.41, 5.74) is 0. The monoisotopic (exact) mass is 147 g/mol. The van der Waals surface area contributed by atoms with Gasteiger partial charge in [0, 0.05) is 20.5 Å². The van der Waals surface area contributed by atoms with E-state index >= 15 is 0 Å². The average Bonchev–Trinajstić information content (AvgIpc) is 1.63. The number of rotatable bonds is 3. The Hall–Kier alpha value is -0.500. The molecule has 0 aliphatic rings. The molecule has 0 spiro atoms. The van der Waals surface area contributed by atoms with Gasteiger partial charge in [0.25, 0.3) is 0 Å². The molecule has 0 unspecified atom stereocenters. The predicted molar refractivity (Wildman–Crippen MR) is 38.3 cm³/mol. The van der Waals surface area contributed by atoms with Crippen molar-refractivity contribution in [2.24, 2.45) is 0 Å². The molecule has 0 saturated carbocycles. The minimum atomic E-state index is -0.326. The fraction of sp³-hybridized carbons (Fsp3) is 0.500. The topological polar surface area (TPSA) is 20.3 Å². The second kappa shape index (κ2) is 4.39. The molecule has 0 aromatic carbocycles. The molecule has 0 amide bonds. The lowest BCUT2D eigenvalue weighted by Crippen LogP contribution is -2.00. The summed E-state index contributed by atoms with van der Waals surface area (Å²) in [5.74, 6) is 0. The minimum Gasteiger partial charge on any atom is -0.384 e. The normalized spacial score (nSPS) is 10.1. The summed E-state index contributed by atoms with van der Waals surface area (Å²) < 4.78 is 0. The Morgan fingerprint density at radius 3 is 2.56 bits per heavy atom. The Labute approximate surface area is 60.1 Å². The second-order valence-electron chi connectivity index (χ2n) is 1.91. The molecule has 0 aliphatic heterocycles. The van der Waals surface area contributed by atoms with Gasteiger partial charge in [-0.05, 0) is 17.8 Å². The highest BCUT2D eigenvalue weighted by atomic mass is 35.5. The lowest BCUT2D eigenvalue weighted by molar-refractivity contribution is -0.110. The molecule has 0 atom stereocenters. The molecule has 0 bridgehead atoms. The molecule has 0 radical (unpaired) electrons. The number of hydrogen-bond donors (Lipinski definition) is 0. The van der Waals surface area contributed by atoms with Gasteiger partial charge in [0.2, 0.25) is 5.24 Å². The first-order chi connectivity index (χ1) is 4.13. The van der Waals surface area contributed by atoms with Crippen LogP contribution in [-0.2, 0) is 4.79 Å². The Bertz CT molecular complexity index is 120. The summed E-state index contributed by atoms with van der Waals surface area (Å²) in [4.78, 5) is 12.0. The van der Waals surface area contributed by atoms with E-state index < -0.39 is 0 Å². The van der Waals surface area contributed by atoms with Gasteiger partial charge < -0.3 is 4.90 Å². The molecule has 3 heteroatoms. The first-order valence-electron chi connectivity index (χ1n) is 2.64. The van der Waals surface area contributed by atoms with Gasteiger partial charge in [0.1, 0.15) is 0 Å². The third-order valence-electron chi connectivity index (χ3n) is 0.682. The van der Waals surface area contributed by atoms with Crippen molar-refractivity contribution in [2.75, 3.05) is 14.1 Å². The van der Waals surface area contributed by atoms with Crippen molar-refractivity contribution in [3.8, 4) is 0 Å². The predicted octanol–water partition coefficient (Wildman–Crippen LogP) is 1.22. The molecule has 0 saturated heterocycles. The van der Waals surface area contributed by atoms with Crippen molar-refractivity contribution >= 4 is 16.8 Å². The van der Waals surface area contributed by atoms with E-state index in [4.69, 9.17) is 11.6 Å². The summed E-state index contributed by atoms with van der Waals surface area (Å²) >= 11 is 5.05. The summed E-state index contributed by atoms with van der Waals surface area (Å²) in [6.07, 6.45) is 3.81. The molecule has 0 aromatic rings. The zero-order valence-corrected chi connectivity index (χ0v) is 6.35. The third kappa shape index (κ3) is 7.50. The quantitative estimate of drug-likeness (QED) is 0.560. The molecule has 9 heavy (non-hydrogen) atoms. The largest absolute Gasteiger partial charge is 0.384 e. The Kier molecular flexibility index (Phi) is 4.14. The minimum absolute atomic E-state index is 0.305. The van der Waals surface area contributed by atoms with Crippen molar-refractivity contribution in [3.63, 3.8) is 0 Å². The van der Waals surface area contributed by atoms with Crippen LogP contribution in [0.1, 0.15) is 6.42 Å². The van der Waals surface area contributed by atoms with Crippen LogP contribution in [-0.4, -0.2) is 24.2 Å². The van der Waals surface area contributed by atoms with E-state index in [2.05, 4.69) is 0 Å². The maximum absolute atomic E-state index is 10.1. The Morgan fingerprint density at radius 2 is 2.22 bits per heavy atom. The number of hydrogen-bond acceptors (Lipinski definition) is 2. The zero-order valence-electron chi connectivity index (χ0n) is 5.60. The summed E-state index contributed by atoms with van der Waals surface area (Å²) in [7, 11) is 3.77. The van der Waals surface area contributed by atoms with Crippen LogP contribution in [0.25, 0.3) is 0 Å². The maximum Gasteiger partial charge on any atom is 0.225 e. The lowest BCUT2D eigenvalue weighted by atomic mass is 10.4. The first kappa shape index (κ1) is 8.50. The van der Waals surface area contributed by atoms with Gasteiger partial charge in [-0.15, -0.1) is 0 Å². The number of nitrogens with zero attached hydrogens (tertiary/aromatic N) is 1. The smallest absolute Gasteiger partial charge is 0.225 e. The number of carbonyl (C=O) groups is 1. The fourth-order valence-corrected chi connectivity index (χ4v) is 0.445. The van der Waals surface area contributed by atoms with Crippen LogP contribution < -0.4 is 0 Å². The second-order valence-corrected chi connectivity index (χ2v) is 2.33. The van der Waals surface area contributed by atoms with Crippen molar-refractivity contribution < 1.29 is 4.79 Å². The van der Waals surface area contributed by atoms with Crippen LogP contribution in [0, 0.1) is 0 Å². The van der Waals surface area contributed by atoms with Crippen LogP contribution in [0.15, 0.2) is 12.3 Å². The van der Waals surface area contributed by atoms with Crippen molar-refractivity contribution in [2.45, 2.75) is 6.42 Å². The van der Waals surface area contributed by atoms with Crippen LogP contribution in [0.4, 0.5) is 0 Å². The molecule has 0 N–H and O–H groups in total. The molecule has 0 aliphatic carbocycles. The number of halogens is 1. The van der Waals surface area contributed by atoms with Gasteiger partial charge in [-0.25, -0.2) is 0 Å². The lowest BCUT2D eigenvalue weighted by Gasteiger charge is -2.01. The van der Waals surface area contributed by atoms with E-state index in [9.17, 15) is 4.79 Å². The highest BCUT2D eigenvalue weighted by Gasteiger charge is 1.87. The van der Waals surface area contributed by atoms with Crippen molar-refractivity contribution in [1.29, 1.82) is 0 Å². The Morgan fingerprint density at radius 1 is 1.67 bits per heavy atom. The van der Waals surface area contributed by atoms with Crippen molar-refractivity contribution in [3.05, 3.63) is 12.3 Å². The maximum atomic E-state index is 10.1. The molecule has 2 nitrogen and oxygen atoms in total. The van der Waals surface area contributed by atoms with Crippen LogP contribution >= 0.6 is 11.6 Å². The zero-order chi connectivity index (χ0) is 7.28. The molecule has 0 aromatic heterocycles. The van der Waals surface area contributed by atoms with E-state index in [1.165, 1.54) is 0 Å². The highest BCUT2D eigenvalue weighted by Crippen LogP contribution is 1.90. The molecule has 52 valence electrons. The first-order valence-corrected chi connectivity index (χ1v) is 3.02. The Balaban J connectivity index is 3.36. The molecule has 0 rings (SSSR count). The third-order valence-corrected chi connectivity index (χ3v) is 0.836. The molecule has 0 fully saturated rings. The molecular formula is C6H10ClNO. The van der Waals surface area contributed by atoms with Crippen LogP contribution in [0.5, 0.6) is 0 Å². The van der Waals surface area contributed by atoms with E-state index in [1.807, 2.05) is 19.0 Å². The van der Waals surface area contributed by atoms with Gasteiger partial charge in [-0.1, -0.05) is 6.08 Å². The van der Waals surface area contributed by atoms with E-state index in [0.29, 0.717) is 6.42 Å². The van der Waals surface area contributed by atoms with Crippen LogP contribution in [0.3, 0.4) is 0 Å². The molecule has 0 heterocycles. The van der Waals surface area contributed by atoms with Gasteiger partial charge in [-0.3, -0.25) is 4.79 Å². The number of carbonyl (C=O) groups excluding carboxylic acids is 1. The van der Waals surface area contributed by atoms with Crippen LogP contribution in [0.2, 0.25) is 0 Å². The fourth-order valence-electron chi connectivity index (χ4n) is 0.356. The summed E-state index contributed by atoms with van der Waals surface area (Å²) in [5, 5.41) is -0.326. The van der Waals surface area contributed by atoms with Gasteiger partial charge in [0.05, 0.1) is 0 Å². The SMILES string of the molecule is CN(C)/C=C/CC(=O)Cl. The van der Waals surface area contributed by atoms with Crippen molar-refractivity contribution in [1.82, 2.24) is 4.90 Å². The molecular weight excluding hydrogens is 138 g/mol. The van der Waals surface area contributed by atoms with Gasteiger partial charge >= 0.3 is 0 Å². The average molecular weight is 148 g/mol. The summed E-state index contributed by atoms with van der Waals surface area (Å²) in [6, 6.07) is 0. The van der Waals surface area contributed by atoms with E-state index in [-0.39, 0.29) is 5.24 Å². The van der Waals surface area contributed by atoms with E-state index in [1.54, 1.807) is 12.3 Å². The van der Waals surface area contributed by atoms with E-state index in [0.717, 1.165) is 0 Å².